The molecule has 4 rings (SSSR count). The van der Waals surface area contributed by atoms with Crippen LogP contribution in [-0.4, -0.2) is 35.5 Å². The maximum atomic E-state index is 13.3. The topological polar surface area (TPSA) is 73.7 Å². The minimum Gasteiger partial charge on any atom is -0.392 e. The maximum absolute atomic E-state index is 13.3. The molecule has 1 heterocycles. The van der Waals surface area contributed by atoms with Gasteiger partial charge < -0.3 is 15.7 Å². The van der Waals surface area contributed by atoms with Crippen molar-refractivity contribution in [1.82, 2.24) is 5.32 Å². The average Bonchev–Trinajstić information content (AvgIpc) is 3.64. The first-order chi connectivity index (χ1) is 15.5. The molecule has 3 N–H and O–H groups in total. The summed E-state index contributed by atoms with van der Waals surface area (Å²) in [6, 6.07) is 16.4. The van der Waals surface area contributed by atoms with Gasteiger partial charge in [-0.1, -0.05) is 74.6 Å². The number of nitrogens with zero attached hydrogens (tertiary/aromatic N) is 1. The van der Waals surface area contributed by atoms with Gasteiger partial charge in [-0.25, -0.2) is 0 Å². The largest absolute Gasteiger partial charge is 0.392 e. The average molecular weight is 434 g/mol. The lowest BCUT2D eigenvalue weighted by Crippen LogP contribution is -2.45. The van der Waals surface area contributed by atoms with E-state index in [9.17, 15) is 9.90 Å². The molecule has 0 saturated heterocycles. The number of unbranched alkanes of at least 4 members (excludes halogenated alkanes) is 1. The first-order valence-corrected chi connectivity index (χ1v) is 12.0. The van der Waals surface area contributed by atoms with E-state index < -0.39 is 12.3 Å². The van der Waals surface area contributed by atoms with Gasteiger partial charge in [0.1, 0.15) is 6.17 Å². The number of hydrogen-bond acceptors (Lipinski definition) is 4. The molecule has 0 radical (unpaired) electrons. The van der Waals surface area contributed by atoms with Gasteiger partial charge in [0.2, 0.25) is 5.91 Å². The van der Waals surface area contributed by atoms with Crippen molar-refractivity contribution in [2.75, 3.05) is 11.9 Å². The molecular weight excluding hydrogens is 398 g/mol. The number of carbonyl (C=O) groups excluding carboxylic acids is 1. The van der Waals surface area contributed by atoms with Crippen molar-refractivity contribution in [2.24, 2.45) is 16.8 Å². The van der Waals surface area contributed by atoms with E-state index in [0.29, 0.717) is 18.9 Å². The van der Waals surface area contributed by atoms with Gasteiger partial charge in [0.25, 0.3) is 0 Å². The van der Waals surface area contributed by atoms with Crippen molar-refractivity contribution >= 4 is 17.3 Å². The molecule has 2 aliphatic rings. The molecule has 5 nitrogen and oxygen atoms in total. The van der Waals surface area contributed by atoms with Gasteiger partial charge in [0.15, 0.2) is 0 Å². The molecule has 170 valence electrons. The van der Waals surface area contributed by atoms with E-state index in [0.717, 1.165) is 41.8 Å². The lowest BCUT2D eigenvalue weighted by molar-refractivity contribution is -0.129. The molecule has 1 aliphatic heterocycles. The molecular formula is C27H35N3O2. The zero-order chi connectivity index (χ0) is 22.5. The molecule has 2 aromatic rings. The minimum absolute atomic E-state index is 0.0781. The standard InChI is InChI=1S/C27H35N3O2/c1-3-4-10-24(31)22(16-19-12-13-19)27(32)30-25-17-28-23-14-11-18(2)15-21(23)26(29-25)20-8-6-5-7-9-20/h5-9,11,14-15,19,22,24-25,28,31H,3-4,10,12-13,16-17H2,1-2H3,(H,30,32)/t22?,24?,25-/m1/s1. The van der Waals surface area contributed by atoms with Crippen molar-refractivity contribution in [3.05, 3.63) is 65.2 Å². The van der Waals surface area contributed by atoms with Crippen molar-refractivity contribution in [3.63, 3.8) is 0 Å². The first-order valence-electron chi connectivity index (χ1n) is 12.0. The maximum Gasteiger partial charge on any atom is 0.227 e. The number of rotatable bonds is 9. The van der Waals surface area contributed by atoms with Crippen LogP contribution in [0, 0.1) is 18.8 Å². The summed E-state index contributed by atoms with van der Waals surface area (Å²) in [6.45, 7) is 4.70. The van der Waals surface area contributed by atoms with Gasteiger partial charge >= 0.3 is 0 Å². The van der Waals surface area contributed by atoms with E-state index in [1.165, 1.54) is 18.4 Å². The van der Waals surface area contributed by atoms with Crippen LogP contribution in [0.15, 0.2) is 53.5 Å². The Balaban J connectivity index is 1.58. The second-order valence-corrected chi connectivity index (χ2v) is 9.29. The third kappa shape index (κ3) is 5.57. The van der Waals surface area contributed by atoms with Crippen molar-refractivity contribution < 1.29 is 9.90 Å². The highest BCUT2D eigenvalue weighted by Gasteiger charge is 2.34. The van der Waals surface area contributed by atoms with Crippen LogP contribution in [0.4, 0.5) is 5.69 Å². The number of aliphatic hydroxyl groups is 1. The number of fused-ring (bicyclic) bond motifs is 1. The molecule has 0 aromatic heterocycles. The Labute approximate surface area is 191 Å². The molecule has 0 spiro atoms. The number of nitrogens with one attached hydrogen (secondary N) is 2. The fourth-order valence-corrected chi connectivity index (χ4v) is 4.43. The molecule has 1 fully saturated rings. The summed E-state index contributed by atoms with van der Waals surface area (Å²) in [5, 5.41) is 17.4. The molecule has 2 aromatic carbocycles. The van der Waals surface area contributed by atoms with Crippen molar-refractivity contribution in [1.29, 1.82) is 0 Å². The fraction of sp³-hybridized carbons (Fsp3) is 0.481. The fourth-order valence-electron chi connectivity index (χ4n) is 4.43. The lowest BCUT2D eigenvalue weighted by atomic mass is 9.91. The van der Waals surface area contributed by atoms with Crippen LogP contribution in [0.3, 0.4) is 0 Å². The number of hydrogen-bond donors (Lipinski definition) is 3. The number of aliphatic imine (C=N–C) groups is 1. The Kier molecular flexibility index (Phi) is 7.26. The molecule has 0 bridgehead atoms. The van der Waals surface area contributed by atoms with Gasteiger partial charge in [-0.15, -0.1) is 0 Å². The summed E-state index contributed by atoms with van der Waals surface area (Å²) < 4.78 is 0. The molecule has 1 amide bonds. The van der Waals surface area contributed by atoms with Gasteiger partial charge in [0.05, 0.1) is 24.3 Å². The van der Waals surface area contributed by atoms with Crippen molar-refractivity contribution in [3.8, 4) is 0 Å². The summed E-state index contributed by atoms with van der Waals surface area (Å²) in [7, 11) is 0. The second kappa shape index (κ2) is 10.3. The van der Waals surface area contributed by atoms with Gasteiger partial charge in [-0.3, -0.25) is 9.79 Å². The number of benzene rings is 2. The highest BCUT2D eigenvalue weighted by Crippen LogP contribution is 2.37. The van der Waals surface area contributed by atoms with Gasteiger partial charge in [0, 0.05) is 16.8 Å². The summed E-state index contributed by atoms with van der Waals surface area (Å²) in [5.41, 5.74) is 5.14. The summed E-state index contributed by atoms with van der Waals surface area (Å²) in [6.07, 6.45) is 4.74. The Morgan fingerprint density at radius 2 is 2.00 bits per heavy atom. The minimum atomic E-state index is -0.591. The third-order valence-electron chi connectivity index (χ3n) is 6.50. The van der Waals surface area contributed by atoms with E-state index in [1.807, 2.05) is 18.2 Å². The van der Waals surface area contributed by atoms with E-state index in [4.69, 9.17) is 4.99 Å². The monoisotopic (exact) mass is 433 g/mol. The van der Waals surface area contributed by atoms with Crippen LogP contribution < -0.4 is 10.6 Å². The summed E-state index contributed by atoms with van der Waals surface area (Å²) in [4.78, 5) is 18.3. The molecule has 1 saturated carbocycles. The number of amides is 1. The normalized spacial score (nSPS) is 19.7. The van der Waals surface area contributed by atoms with E-state index in [-0.39, 0.29) is 11.8 Å². The molecule has 32 heavy (non-hydrogen) atoms. The van der Waals surface area contributed by atoms with Crippen LogP contribution in [0.5, 0.6) is 0 Å². The summed E-state index contributed by atoms with van der Waals surface area (Å²) in [5.74, 6) is 0.132. The number of benzodiazepines with no additional fused rings is 1. The van der Waals surface area contributed by atoms with Gasteiger partial charge in [-0.2, -0.15) is 0 Å². The number of aliphatic hydroxyl groups excluding tert-OH is 1. The molecule has 1 aliphatic carbocycles. The Morgan fingerprint density at radius 3 is 2.72 bits per heavy atom. The molecule has 3 atom stereocenters. The van der Waals surface area contributed by atoms with Crippen LogP contribution in [0.2, 0.25) is 0 Å². The Morgan fingerprint density at radius 1 is 1.22 bits per heavy atom. The predicted molar refractivity (Wildman–Crippen MR) is 130 cm³/mol. The number of aryl methyl sites for hydroxylation is 1. The van der Waals surface area contributed by atoms with E-state index in [2.05, 4.69) is 54.8 Å². The third-order valence-corrected chi connectivity index (χ3v) is 6.50. The molecule has 5 heteroatoms. The Hall–Kier alpha value is -2.66. The van der Waals surface area contributed by atoms with Crippen LogP contribution in [0.1, 0.15) is 62.1 Å². The highest BCUT2D eigenvalue weighted by atomic mass is 16.3. The smallest absolute Gasteiger partial charge is 0.227 e. The van der Waals surface area contributed by atoms with Gasteiger partial charge in [-0.05, 0) is 37.8 Å². The van der Waals surface area contributed by atoms with Crippen LogP contribution in [-0.2, 0) is 4.79 Å². The first kappa shape index (κ1) is 22.5. The Bertz CT molecular complexity index is 953. The highest BCUT2D eigenvalue weighted by molar-refractivity contribution is 6.16. The van der Waals surface area contributed by atoms with Crippen LogP contribution >= 0.6 is 0 Å². The lowest BCUT2D eigenvalue weighted by Gasteiger charge is -2.24. The SMILES string of the molecule is CCCCC(O)C(CC1CC1)C(=O)N[C@@H]1CNc2ccc(C)cc2C(c2ccccc2)=N1. The summed E-state index contributed by atoms with van der Waals surface area (Å²) >= 11 is 0. The predicted octanol–water partition coefficient (Wildman–Crippen LogP) is 4.67. The molecule has 2 unspecified atom stereocenters. The van der Waals surface area contributed by atoms with Crippen LogP contribution in [0.25, 0.3) is 0 Å². The van der Waals surface area contributed by atoms with E-state index >= 15 is 0 Å². The second-order valence-electron chi connectivity index (χ2n) is 9.29. The zero-order valence-electron chi connectivity index (χ0n) is 19.2. The van der Waals surface area contributed by atoms with E-state index in [1.54, 1.807) is 0 Å². The van der Waals surface area contributed by atoms with Crippen molar-refractivity contribution in [2.45, 2.75) is 64.6 Å². The number of anilines is 1. The zero-order valence-corrected chi connectivity index (χ0v) is 19.2. The quantitative estimate of drug-likeness (QED) is 0.538. The number of carbonyl (C=O) groups is 1.